The van der Waals surface area contributed by atoms with E-state index < -0.39 is 5.97 Å². The summed E-state index contributed by atoms with van der Waals surface area (Å²) in [7, 11) is 0. The summed E-state index contributed by atoms with van der Waals surface area (Å²) in [5.41, 5.74) is 1.81. The number of carboxylic acids is 1. The van der Waals surface area contributed by atoms with Gasteiger partial charge < -0.3 is 14.7 Å². The van der Waals surface area contributed by atoms with Crippen molar-refractivity contribution in [2.24, 2.45) is 11.8 Å². The van der Waals surface area contributed by atoms with Gasteiger partial charge in [-0.2, -0.15) is 9.78 Å². The summed E-state index contributed by atoms with van der Waals surface area (Å²) in [6.45, 7) is 1.26. The zero-order valence-electron chi connectivity index (χ0n) is 16.7. The van der Waals surface area contributed by atoms with Gasteiger partial charge in [0.15, 0.2) is 5.69 Å². The minimum absolute atomic E-state index is 0.109. The minimum Gasteiger partial charge on any atom is -0.490 e. The molecule has 1 saturated heterocycles. The second-order valence-corrected chi connectivity index (χ2v) is 8.02. The fraction of sp³-hybridized carbons (Fsp3) is 0.318. The molecule has 1 N–H and O–H groups in total. The van der Waals surface area contributed by atoms with E-state index in [1.165, 1.54) is 18.6 Å². The van der Waals surface area contributed by atoms with Crippen molar-refractivity contribution < 1.29 is 19.4 Å². The maximum Gasteiger partial charge on any atom is 0.356 e. The Morgan fingerprint density at radius 1 is 1.03 bits per heavy atom. The SMILES string of the molecule is O=C(O)c1ccn(C(=O)N2C[C@H]3C[C@H](Oc4cccc(-c5cncnc5)c4)C[C@H]3C2)n1. The Morgan fingerprint density at radius 2 is 1.77 bits per heavy atom. The molecule has 2 aromatic heterocycles. The molecule has 2 aliphatic rings. The van der Waals surface area contributed by atoms with Gasteiger partial charge in [0.1, 0.15) is 12.1 Å². The number of nitrogens with zero attached hydrogens (tertiary/aromatic N) is 5. The monoisotopic (exact) mass is 419 g/mol. The number of aromatic carboxylic acids is 1. The molecule has 0 spiro atoms. The molecule has 9 heteroatoms. The molecule has 1 amide bonds. The summed E-state index contributed by atoms with van der Waals surface area (Å²) in [6, 6.07) is 8.97. The topological polar surface area (TPSA) is 110 Å². The fourth-order valence-electron chi connectivity index (χ4n) is 4.58. The van der Waals surface area contributed by atoms with Crippen LogP contribution in [0.15, 0.2) is 55.2 Å². The first-order valence-corrected chi connectivity index (χ1v) is 10.2. The molecule has 3 aromatic rings. The number of hydrogen-bond acceptors (Lipinski definition) is 6. The highest BCUT2D eigenvalue weighted by molar-refractivity contribution is 5.86. The van der Waals surface area contributed by atoms with Crippen molar-refractivity contribution in [1.29, 1.82) is 0 Å². The number of rotatable bonds is 4. The van der Waals surface area contributed by atoms with E-state index in [1.54, 1.807) is 17.3 Å². The van der Waals surface area contributed by atoms with Crippen molar-refractivity contribution in [2.75, 3.05) is 13.1 Å². The summed E-state index contributed by atoms with van der Waals surface area (Å²) in [5, 5.41) is 12.8. The molecule has 1 aliphatic carbocycles. The normalized spacial score (nSPS) is 22.3. The van der Waals surface area contributed by atoms with Crippen LogP contribution in [0.1, 0.15) is 23.3 Å². The summed E-state index contributed by atoms with van der Waals surface area (Å²) >= 11 is 0. The third kappa shape index (κ3) is 3.86. The van der Waals surface area contributed by atoms with Crippen LogP contribution in [0.4, 0.5) is 4.79 Å². The molecule has 2 fully saturated rings. The van der Waals surface area contributed by atoms with Gasteiger partial charge in [0.25, 0.3) is 0 Å². The lowest BCUT2D eigenvalue weighted by molar-refractivity contribution is 0.0690. The summed E-state index contributed by atoms with van der Waals surface area (Å²) < 4.78 is 7.37. The van der Waals surface area contributed by atoms with Gasteiger partial charge in [-0.3, -0.25) is 0 Å². The molecule has 0 bridgehead atoms. The first-order chi connectivity index (χ1) is 15.1. The first-order valence-electron chi connectivity index (χ1n) is 10.2. The molecule has 0 radical (unpaired) electrons. The number of carbonyl (C=O) groups excluding carboxylic acids is 1. The van der Waals surface area contributed by atoms with Crippen LogP contribution in [-0.2, 0) is 0 Å². The van der Waals surface area contributed by atoms with Crippen LogP contribution in [0.2, 0.25) is 0 Å². The molecule has 158 valence electrons. The molecule has 1 aromatic carbocycles. The average Bonchev–Trinajstić information content (AvgIpc) is 3.49. The number of ether oxygens (including phenoxy) is 1. The summed E-state index contributed by atoms with van der Waals surface area (Å²) in [6.07, 6.45) is 8.33. The molecular formula is C22H21N5O4. The quantitative estimate of drug-likeness (QED) is 0.692. The van der Waals surface area contributed by atoms with E-state index >= 15 is 0 Å². The van der Waals surface area contributed by atoms with Crippen LogP contribution < -0.4 is 4.74 Å². The van der Waals surface area contributed by atoms with Gasteiger partial charge in [0.2, 0.25) is 0 Å². The van der Waals surface area contributed by atoms with Crippen molar-refractivity contribution in [3.05, 3.63) is 60.9 Å². The van der Waals surface area contributed by atoms with Crippen LogP contribution in [0.5, 0.6) is 5.75 Å². The van der Waals surface area contributed by atoms with Crippen molar-refractivity contribution in [3.8, 4) is 16.9 Å². The molecular weight excluding hydrogens is 398 g/mol. The number of aromatic nitrogens is 4. The molecule has 3 atom stereocenters. The van der Waals surface area contributed by atoms with Gasteiger partial charge in [-0.1, -0.05) is 12.1 Å². The number of carboxylic acid groups (broad SMARTS) is 1. The molecule has 9 nitrogen and oxygen atoms in total. The summed E-state index contributed by atoms with van der Waals surface area (Å²) in [4.78, 5) is 33.5. The number of amides is 1. The predicted molar refractivity (Wildman–Crippen MR) is 110 cm³/mol. The highest BCUT2D eigenvalue weighted by atomic mass is 16.5. The zero-order chi connectivity index (χ0) is 21.4. The third-order valence-corrected chi connectivity index (χ3v) is 6.01. The maximum absolute atomic E-state index is 12.7. The number of benzene rings is 1. The van der Waals surface area contributed by atoms with E-state index in [2.05, 4.69) is 15.1 Å². The van der Waals surface area contributed by atoms with E-state index in [1.807, 2.05) is 24.3 Å². The van der Waals surface area contributed by atoms with Gasteiger partial charge in [0, 0.05) is 37.2 Å². The van der Waals surface area contributed by atoms with Gasteiger partial charge >= 0.3 is 12.0 Å². The second-order valence-electron chi connectivity index (χ2n) is 8.02. The third-order valence-electron chi connectivity index (χ3n) is 6.01. The Labute approximate surface area is 178 Å². The molecule has 5 rings (SSSR count). The Bertz CT molecular complexity index is 1100. The van der Waals surface area contributed by atoms with Crippen LogP contribution in [0.3, 0.4) is 0 Å². The lowest BCUT2D eigenvalue weighted by atomic mass is 10.0. The smallest absolute Gasteiger partial charge is 0.356 e. The molecule has 0 unspecified atom stereocenters. The van der Waals surface area contributed by atoms with Gasteiger partial charge in [-0.05, 0) is 48.4 Å². The molecule has 1 aliphatic heterocycles. The maximum atomic E-state index is 12.7. The van der Waals surface area contributed by atoms with Gasteiger partial charge in [-0.15, -0.1) is 0 Å². The lowest BCUT2D eigenvalue weighted by Crippen LogP contribution is -2.34. The fourth-order valence-corrected chi connectivity index (χ4v) is 4.58. The predicted octanol–water partition coefficient (Wildman–Crippen LogP) is 2.80. The van der Waals surface area contributed by atoms with Crippen molar-refractivity contribution in [3.63, 3.8) is 0 Å². The van der Waals surface area contributed by atoms with E-state index in [4.69, 9.17) is 9.84 Å². The second kappa shape index (κ2) is 7.82. The van der Waals surface area contributed by atoms with Crippen molar-refractivity contribution in [1.82, 2.24) is 24.6 Å². The summed E-state index contributed by atoms with van der Waals surface area (Å²) in [5.74, 6) is 0.411. The largest absolute Gasteiger partial charge is 0.490 e. The van der Waals surface area contributed by atoms with Crippen molar-refractivity contribution >= 4 is 12.0 Å². The van der Waals surface area contributed by atoms with Gasteiger partial charge in [0.05, 0.1) is 6.10 Å². The van der Waals surface area contributed by atoms with Crippen LogP contribution in [0.25, 0.3) is 11.1 Å². The highest BCUT2D eigenvalue weighted by Gasteiger charge is 2.43. The Morgan fingerprint density at radius 3 is 2.45 bits per heavy atom. The zero-order valence-corrected chi connectivity index (χ0v) is 16.7. The average molecular weight is 419 g/mol. The van der Waals surface area contributed by atoms with E-state index in [9.17, 15) is 9.59 Å². The van der Waals surface area contributed by atoms with Crippen LogP contribution >= 0.6 is 0 Å². The van der Waals surface area contributed by atoms with E-state index in [0.29, 0.717) is 24.9 Å². The highest BCUT2D eigenvalue weighted by Crippen LogP contribution is 2.40. The molecule has 1 saturated carbocycles. The number of carbonyl (C=O) groups is 2. The molecule has 3 heterocycles. The molecule has 31 heavy (non-hydrogen) atoms. The van der Waals surface area contributed by atoms with Crippen molar-refractivity contribution in [2.45, 2.75) is 18.9 Å². The van der Waals surface area contributed by atoms with Crippen LogP contribution in [-0.4, -0.2) is 60.9 Å². The van der Waals surface area contributed by atoms with Gasteiger partial charge in [-0.25, -0.2) is 19.6 Å². The Balaban J connectivity index is 1.20. The number of likely N-dealkylation sites (tertiary alicyclic amines) is 1. The Kier molecular flexibility index (Phi) is 4.85. The first kappa shape index (κ1) is 19.2. The number of fused-ring (bicyclic) bond motifs is 1. The minimum atomic E-state index is -1.14. The van der Waals surface area contributed by atoms with E-state index in [-0.39, 0.29) is 17.8 Å². The van der Waals surface area contributed by atoms with Crippen LogP contribution in [0, 0.1) is 11.8 Å². The standard InChI is InChI=1S/C22H21N5O4/c28-21(29)20-4-5-27(25-20)22(30)26-11-15-7-19(8-16(15)12-26)31-18-3-1-2-14(6-18)17-9-23-13-24-10-17/h1-6,9-10,13,15-16,19H,7-8,11-12H2,(H,28,29)/t15-,16+,19+. The Hall–Kier alpha value is -3.75. The van der Waals surface area contributed by atoms with E-state index in [0.717, 1.165) is 34.4 Å². The lowest BCUT2D eigenvalue weighted by Gasteiger charge is -2.20. The number of hydrogen-bond donors (Lipinski definition) is 1.